The third-order valence-electron chi connectivity index (χ3n) is 5.14. The molecule has 1 atom stereocenters. The maximum atomic E-state index is 14.4. The average Bonchev–Trinajstić information content (AvgIpc) is 2.80. The lowest BCUT2D eigenvalue weighted by molar-refractivity contribution is 0.541. The van der Waals surface area contributed by atoms with Crippen LogP contribution in [0.4, 0.5) is 0 Å². The van der Waals surface area contributed by atoms with Crippen LogP contribution in [0.25, 0.3) is 0 Å². The predicted molar refractivity (Wildman–Crippen MR) is 133 cm³/mol. The third-order valence-corrected chi connectivity index (χ3v) is 10.6. The summed E-state index contributed by atoms with van der Waals surface area (Å²) in [5, 5.41) is 4.12. The van der Waals surface area contributed by atoms with E-state index >= 15 is 0 Å². The lowest BCUT2D eigenvalue weighted by Gasteiger charge is -2.27. The second-order valence-electron chi connectivity index (χ2n) is 7.44. The summed E-state index contributed by atoms with van der Waals surface area (Å²) >= 11 is 3.41. The van der Waals surface area contributed by atoms with Crippen LogP contribution < -0.4 is 15.7 Å². The summed E-state index contributed by atoms with van der Waals surface area (Å²) in [7, 11) is -7.14. The molecule has 0 fully saturated rings. The molecule has 1 N–H and O–H groups in total. The number of halogens is 1. The van der Waals surface area contributed by atoms with E-state index in [0.29, 0.717) is 23.5 Å². The van der Waals surface area contributed by atoms with Crippen molar-refractivity contribution in [2.45, 2.75) is 36.5 Å². The topological polar surface area (TPSA) is 63.2 Å². The van der Waals surface area contributed by atoms with Crippen molar-refractivity contribution in [3.05, 3.63) is 90.5 Å². The number of aryl methyl sites for hydroxylation is 1. The number of hydrogen-bond acceptors (Lipinski definition) is 3. The summed E-state index contributed by atoms with van der Waals surface area (Å²) in [6.07, 6.45) is 1.89. The molecule has 0 aliphatic carbocycles. The summed E-state index contributed by atoms with van der Waals surface area (Å²) in [5.74, 6) is 0. The molecule has 0 amide bonds. The molecule has 0 bridgehead atoms. The molecule has 0 heterocycles. The quantitative estimate of drug-likeness (QED) is 0.228. The van der Waals surface area contributed by atoms with Crippen LogP contribution in [0.3, 0.4) is 0 Å². The second-order valence-corrected chi connectivity index (χ2v) is 12.9. The number of rotatable bonds is 10. The van der Waals surface area contributed by atoms with Crippen molar-refractivity contribution in [1.29, 1.82) is 0 Å². The number of hydrogen-bond donors (Lipinski definition) is 1. The van der Waals surface area contributed by atoms with Gasteiger partial charge in [0.15, 0.2) is 9.84 Å². The summed E-state index contributed by atoms with van der Waals surface area (Å²) in [4.78, 5) is 0.238. The van der Waals surface area contributed by atoms with Crippen molar-refractivity contribution >= 4 is 43.7 Å². The molecule has 0 aromatic heterocycles. The highest BCUT2D eigenvalue weighted by Crippen LogP contribution is 2.41. The minimum absolute atomic E-state index is 0.238. The first-order valence-electron chi connectivity index (χ1n) is 10.2. The molecule has 0 radical (unpaired) electrons. The number of alkyl halides is 1. The lowest BCUT2D eigenvalue weighted by Crippen LogP contribution is -2.40. The van der Waals surface area contributed by atoms with E-state index < -0.39 is 22.5 Å². The van der Waals surface area contributed by atoms with Crippen molar-refractivity contribution < 1.29 is 13.0 Å². The maximum Gasteiger partial charge on any atom is 0.205 e. The molecule has 0 spiro atoms. The molecular formula is C24H27BrNO3PS. The van der Waals surface area contributed by atoms with Crippen molar-refractivity contribution in [1.82, 2.24) is 5.09 Å². The summed E-state index contributed by atoms with van der Waals surface area (Å²) < 4.78 is 41.6. The second kappa shape index (κ2) is 10.7. The Kier molecular flexibility index (Phi) is 8.29. The van der Waals surface area contributed by atoms with E-state index in [1.165, 1.54) is 0 Å². The highest BCUT2D eigenvalue weighted by atomic mass is 79.9. The van der Waals surface area contributed by atoms with Gasteiger partial charge in [0, 0.05) is 15.9 Å². The first kappa shape index (κ1) is 23.9. The van der Waals surface area contributed by atoms with Gasteiger partial charge in [-0.25, -0.2) is 13.5 Å². The van der Waals surface area contributed by atoms with Gasteiger partial charge in [-0.1, -0.05) is 70.0 Å². The fraction of sp³-hybridized carbons (Fsp3) is 0.250. The van der Waals surface area contributed by atoms with Gasteiger partial charge in [0.1, 0.15) is 5.37 Å². The zero-order chi connectivity index (χ0) is 22.3. The maximum absolute atomic E-state index is 14.4. The minimum Gasteiger partial charge on any atom is -0.296 e. The van der Waals surface area contributed by atoms with Crippen LogP contribution in [0.2, 0.25) is 0 Å². The van der Waals surface area contributed by atoms with Gasteiger partial charge in [0.25, 0.3) is 0 Å². The lowest BCUT2D eigenvalue weighted by atomic mass is 10.2. The van der Waals surface area contributed by atoms with E-state index in [-0.39, 0.29) is 4.90 Å². The van der Waals surface area contributed by atoms with Crippen LogP contribution in [-0.4, -0.2) is 19.1 Å². The van der Waals surface area contributed by atoms with Gasteiger partial charge in [-0.05, 0) is 62.6 Å². The Hall–Kier alpha value is -1.72. The smallest absolute Gasteiger partial charge is 0.205 e. The van der Waals surface area contributed by atoms with Gasteiger partial charge in [0.05, 0.1) is 4.90 Å². The Balaban J connectivity index is 2.07. The van der Waals surface area contributed by atoms with Crippen LogP contribution in [-0.2, 0) is 14.4 Å². The molecule has 4 nitrogen and oxygen atoms in total. The predicted octanol–water partition coefficient (Wildman–Crippen LogP) is 5.18. The third kappa shape index (κ3) is 5.75. The Morgan fingerprint density at radius 2 is 1.35 bits per heavy atom. The molecule has 1 unspecified atom stereocenters. The Morgan fingerprint density at radius 1 is 0.839 bits per heavy atom. The van der Waals surface area contributed by atoms with Crippen LogP contribution in [0.15, 0.2) is 89.8 Å². The zero-order valence-corrected chi connectivity index (χ0v) is 20.7. The van der Waals surface area contributed by atoms with Gasteiger partial charge in [-0.15, -0.1) is 0 Å². The van der Waals surface area contributed by atoms with Crippen molar-refractivity contribution in [2.24, 2.45) is 0 Å². The fourth-order valence-electron chi connectivity index (χ4n) is 3.38. The van der Waals surface area contributed by atoms with Gasteiger partial charge in [-0.3, -0.25) is 4.57 Å². The van der Waals surface area contributed by atoms with Crippen LogP contribution in [0, 0.1) is 6.92 Å². The molecule has 3 aromatic carbocycles. The molecule has 0 saturated heterocycles. The van der Waals surface area contributed by atoms with Crippen molar-refractivity contribution in [2.75, 3.05) is 5.33 Å². The average molecular weight is 520 g/mol. The summed E-state index contributed by atoms with van der Waals surface area (Å²) in [6, 6.07) is 25.0. The normalized spacial score (nSPS) is 13.1. The molecule has 3 aromatic rings. The zero-order valence-electron chi connectivity index (χ0n) is 17.4. The first-order valence-corrected chi connectivity index (χ1v) is 14.6. The van der Waals surface area contributed by atoms with Crippen LogP contribution in [0.1, 0.15) is 24.8 Å². The Labute approximate surface area is 193 Å². The van der Waals surface area contributed by atoms with Gasteiger partial charge in [-0.2, -0.15) is 0 Å². The number of nitrogens with one attached hydrogen (secondary N) is 1. The van der Waals surface area contributed by atoms with Crippen molar-refractivity contribution in [3.63, 3.8) is 0 Å². The number of unbranched alkanes of at least 4 members (excludes halogenated alkanes) is 1. The largest absolute Gasteiger partial charge is 0.296 e. The van der Waals surface area contributed by atoms with E-state index in [9.17, 15) is 13.0 Å². The molecular weight excluding hydrogens is 493 g/mol. The molecule has 31 heavy (non-hydrogen) atoms. The fourth-order valence-corrected chi connectivity index (χ4v) is 8.42. The van der Waals surface area contributed by atoms with Gasteiger partial charge in [0.2, 0.25) is 7.29 Å². The van der Waals surface area contributed by atoms with Crippen LogP contribution >= 0.6 is 23.2 Å². The van der Waals surface area contributed by atoms with Gasteiger partial charge < -0.3 is 0 Å². The molecule has 0 saturated carbocycles. The van der Waals surface area contributed by atoms with E-state index in [1.54, 1.807) is 48.5 Å². The number of benzene rings is 3. The monoisotopic (exact) mass is 519 g/mol. The van der Waals surface area contributed by atoms with E-state index in [0.717, 1.165) is 17.3 Å². The molecule has 7 heteroatoms. The highest BCUT2D eigenvalue weighted by Gasteiger charge is 2.36. The summed E-state index contributed by atoms with van der Waals surface area (Å²) in [6.45, 7) is 1.92. The SMILES string of the molecule is Cc1ccc(S(=O)(=O)C(CCCCBr)NP(=O)(c2ccccc2)c2ccccc2)cc1. The standard InChI is InChI=1S/C24H27BrNO3PS/c1-20-15-17-23(18-16-20)31(28,29)24(14-8-9-19-25)26-30(27,21-10-4-2-5-11-21)22-12-6-3-7-13-22/h2-7,10-13,15-18,24H,8-9,14,19H2,1H3,(H,26,27). The van der Waals surface area contributed by atoms with Gasteiger partial charge >= 0.3 is 0 Å². The van der Waals surface area contributed by atoms with E-state index in [1.807, 2.05) is 43.3 Å². The van der Waals surface area contributed by atoms with E-state index in [2.05, 4.69) is 21.0 Å². The highest BCUT2D eigenvalue weighted by molar-refractivity contribution is 9.09. The molecule has 3 rings (SSSR count). The summed E-state index contributed by atoms with van der Waals surface area (Å²) in [5.41, 5.74) is 0.988. The molecule has 164 valence electrons. The Morgan fingerprint density at radius 3 is 1.84 bits per heavy atom. The Bertz CT molecular complexity index is 1080. The van der Waals surface area contributed by atoms with Crippen molar-refractivity contribution in [3.8, 4) is 0 Å². The molecule has 0 aliphatic heterocycles. The minimum atomic E-state index is -3.75. The van der Waals surface area contributed by atoms with E-state index in [4.69, 9.17) is 0 Å². The first-order chi connectivity index (χ1) is 14.9. The van der Waals surface area contributed by atoms with Crippen LogP contribution in [0.5, 0.6) is 0 Å². The molecule has 0 aliphatic rings. The number of sulfone groups is 1.